The Morgan fingerprint density at radius 2 is 2.08 bits per heavy atom. The van der Waals surface area contributed by atoms with Gasteiger partial charge in [-0.1, -0.05) is 24.2 Å². The molecule has 0 spiro atoms. The van der Waals surface area contributed by atoms with Crippen LogP contribution in [0.25, 0.3) is 0 Å². The number of aryl methyl sites for hydroxylation is 2. The summed E-state index contributed by atoms with van der Waals surface area (Å²) in [5.74, 6) is 2.74. The molecule has 3 heterocycles. The van der Waals surface area contributed by atoms with Gasteiger partial charge in [-0.05, 0) is 33.1 Å². The molecule has 2 aromatic rings. The van der Waals surface area contributed by atoms with Crippen LogP contribution in [0.5, 0.6) is 0 Å². The van der Waals surface area contributed by atoms with Crippen molar-refractivity contribution in [2.24, 2.45) is 0 Å². The Morgan fingerprint density at radius 1 is 1.28 bits per heavy atom. The average Bonchev–Trinajstić information content (AvgIpc) is 3.21. The summed E-state index contributed by atoms with van der Waals surface area (Å²) >= 11 is 0. The molecule has 2 aromatic heterocycles. The molecule has 0 radical (unpaired) electrons. The molecule has 0 aromatic carbocycles. The second-order valence-corrected chi connectivity index (χ2v) is 7.13. The van der Waals surface area contributed by atoms with Crippen LogP contribution in [0.3, 0.4) is 0 Å². The first-order valence-electron chi connectivity index (χ1n) is 8.98. The zero-order chi connectivity index (χ0) is 18.0. The van der Waals surface area contributed by atoms with Gasteiger partial charge in [-0.2, -0.15) is 4.98 Å². The first kappa shape index (κ1) is 17.6. The molecular weight excluding hydrogens is 320 g/mol. The molecule has 25 heavy (non-hydrogen) atoms. The molecule has 7 heteroatoms. The van der Waals surface area contributed by atoms with Gasteiger partial charge in [-0.3, -0.25) is 4.79 Å². The van der Waals surface area contributed by atoms with Crippen LogP contribution in [0, 0.1) is 13.8 Å². The van der Waals surface area contributed by atoms with Gasteiger partial charge in [0.1, 0.15) is 5.76 Å². The summed E-state index contributed by atoms with van der Waals surface area (Å²) in [7, 11) is 0. The fourth-order valence-electron chi connectivity index (χ4n) is 3.31. The van der Waals surface area contributed by atoms with Gasteiger partial charge in [-0.15, -0.1) is 0 Å². The molecule has 1 aliphatic heterocycles. The van der Waals surface area contributed by atoms with Gasteiger partial charge in [0, 0.05) is 36.9 Å². The van der Waals surface area contributed by atoms with Crippen LogP contribution in [-0.4, -0.2) is 39.2 Å². The maximum absolute atomic E-state index is 12.6. The topological polar surface area (TPSA) is 85.3 Å². The van der Waals surface area contributed by atoms with Gasteiger partial charge < -0.3 is 13.9 Å². The Hall–Kier alpha value is -2.18. The fraction of sp³-hybridized carbons (Fsp3) is 0.667. The third kappa shape index (κ3) is 3.91. The van der Waals surface area contributed by atoms with Gasteiger partial charge in [0.15, 0.2) is 5.82 Å². The Morgan fingerprint density at radius 3 is 2.72 bits per heavy atom. The summed E-state index contributed by atoms with van der Waals surface area (Å²) in [5.41, 5.74) is 1.91. The van der Waals surface area contributed by atoms with Crippen molar-refractivity contribution >= 4 is 5.91 Å². The minimum Gasteiger partial charge on any atom is -0.361 e. The maximum Gasteiger partial charge on any atom is 0.229 e. The van der Waals surface area contributed by atoms with Crippen LogP contribution in [0.15, 0.2) is 9.05 Å². The van der Waals surface area contributed by atoms with Gasteiger partial charge in [-0.25, -0.2) is 0 Å². The Bertz CT molecular complexity index is 715. The van der Waals surface area contributed by atoms with E-state index in [-0.39, 0.29) is 17.7 Å². The van der Waals surface area contributed by atoms with Gasteiger partial charge in [0.25, 0.3) is 0 Å². The number of carbonyl (C=O) groups excluding carboxylic acids is 1. The average molecular weight is 346 g/mol. The van der Waals surface area contributed by atoms with Crippen LogP contribution in [0.2, 0.25) is 0 Å². The SMILES string of the molecule is Cc1noc(C)c1CCC(=O)N1CCC[C@@H](c2noc(C(C)C)n2)C1. The first-order chi connectivity index (χ1) is 12.0. The predicted octanol–water partition coefficient (Wildman–Crippen LogP) is 3.14. The molecule has 0 aliphatic carbocycles. The van der Waals surface area contributed by atoms with E-state index in [1.165, 1.54) is 0 Å². The number of aromatic nitrogens is 3. The van der Waals surface area contributed by atoms with E-state index in [1.807, 2.05) is 32.6 Å². The van der Waals surface area contributed by atoms with Gasteiger partial charge in [0.2, 0.25) is 11.8 Å². The molecule has 1 fully saturated rings. The summed E-state index contributed by atoms with van der Waals surface area (Å²) in [5, 5.41) is 8.07. The summed E-state index contributed by atoms with van der Waals surface area (Å²) in [6.45, 7) is 9.32. The van der Waals surface area contributed by atoms with Gasteiger partial charge >= 0.3 is 0 Å². The van der Waals surface area contributed by atoms with Crippen molar-refractivity contribution in [1.82, 2.24) is 20.2 Å². The van der Waals surface area contributed by atoms with E-state index in [1.54, 1.807) is 0 Å². The lowest BCUT2D eigenvalue weighted by atomic mass is 9.96. The molecule has 0 N–H and O–H groups in total. The lowest BCUT2D eigenvalue weighted by Gasteiger charge is -2.31. The molecule has 0 bridgehead atoms. The second-order valence-electron chi connectivity index (χ2n) is 7.13. The molecule has 1 saturated heterocycles. The van der Waals surface area contributed by atoms with Crippen molar-refractivity contribution in [2.75, 3.05) is 13.1 Å². The van der Waals surface area contributed by atoms with Crippen molar-refractivity contribution in [1.29, 1.82) is 0 Å². The molecule has 1 aliphatic rings. The molecule has 0 saturated carbocycles. The number of hydrogen-bond donors (Lipinski definition) is 0. The van der Waals surface area contributed by atoms with Crippen molar-refractivity contribution < 1.29 is 13.8 Å². The van der Waals surface area contributed by atoms with Gasteiger partial charge in [0.05, 0.1) is 5.69 Å². The van der Waals surface area contributed by atoms with E-state index in [9.17, 15) is 4.79 Å². The van der Waals surface area contributed by atoms with Crippen molar-refractivity contribution in [2.45, 2.75) is 65.2 Å². The van der Waals surface area contributed by atoms with Crippen LogP contribution in [0.1, 0.15) is 73.7 Å². The highest BCUT2D eigenvalue weighted by atomic mass is 16.5. The smallest absolute Gasteiger partial charge is 0.229 e. The number of piperidine rings is 1. The molecule has 136 valence electrons. The minimum atomic E-state index is 0.160. The zero-order valence-corrected chi connectivity index (χ0v) is 15.4. The number of likely N-dealkylation sites (tertiary alicyclic amines) is 1. The molecule has 1 amide bonds. The predicted molar refractivity (Wildman–Crippen MR) is 91.2 cm³/mol. The van der Waals surface area contributed by atoms with Crippen LogP contribution in [-0.2, 0) is 11.2 Å². The van der Waals surface area contributed by atoms with Crippen LogP contribution in [0.4, 0.5) is 0 Å². The molecule has 3 rings (SSSR count). The van der Waals surface area contributed by atoms with Crippen molar-refractivity contribution in [3.63, 3.8) is 0 Å². The summed E-state index contributed by atoms with van der Waals surface area (Å²) in [6, 6.07) is 0. The highest BCUT2D eigenvalue weighted by Crippen LogP contribution is 2.27. The van der Waals surface area contributed by atoms with E-state index >= 15 is 0 Å². The second kappa shape index (κ2) is 7.37. The number of rotatable bonds is 5. The highest BCUT2D eigenvalue weighted by Gasteiger charge is 2.28. The van der Waals surface area contributed by atoms with Crippen LogP contribution >= 0.6 is 0 Å². The summed E-state index contributed by atoms with van der Waals surface area (Å²) in [4.78, 5) is 19.0. The third-order valence-corrected chi connectivity index (χ3v) is 4.86. The maximum atomic E-state index is 12.6. The lowest BCUT2D eigenvalue weighted by Crippen LogP contribution is -2.39. The largest absolute Gasteiger partial charge is 0.361 e. The van der Waals surface area contributed by atoms with E-state index in [2.05, 4.69) is 15.3 Å². The molecular formula is C18H26N4O3. The Labute approximate surface area is 147 Å². The quantitative estimate of drug-likeness (QED) is 0.827. The number of carbonyl (C=O) groups is 1. The molecule has 7 nitrogen and oxygen atoms in total. The first-order valence-corrected chi connectivity index (χ1v) is 8.98. The van der Waals surface area contributed by atoms with Crippen molar-refractivity contribution in [3.05, 3.63) is 28.7 Å². The number of hydrogen-bond acceptors (Lipinski definition) is 6. The molecule has 0 unspecified atom stereocenters. The van der Waals surface area contributed by atoms with Crippen molar-refractivity contribution in [3.8, 4) is 0 Å². The van der Waals surface area contributed by atoms with E-state index in [4.69, 9.17) is 9.05 Å². The standard InChI is InChI=1S/C18H26N4O3/c1-11(2)18-19-17(21-25-18)14-6-5-9-22(10-14)16(23)8-7-15-12(3)20-24-13(15)4/h11,14H,5-10H2,1-4H3/t14-/m1/s1. The normalized spacial score (nSPS) is 18.1. The fourth-order valence-corrected chi connectivity index (χ4v) is 3.31. The Kier molecular flexibility index (Phi) is 5.20. The van der Waals surface area contributed by atoms with E-state index in [0.29, 0.717) is 25.3 Å². The van der Waals surface area contributed by atoms with E-state index < -0.39 is 0 Å². The third-order valence-electron chi connectivity index (χ3n) is 4.86. The minimum absolute atomic E-state index is 0.160. The summed E-state index contributed by atoms with van der Waals surface area (Å²) < 4.78 is 10.5. The summed E-state index contributed by atoms with van der Waals surface area (Å²) in [6.07, 6.45) is 3.10. The highest BCUT2D eigenvalue weighted by molar-refractivity contribution is 5.76. The van der Waals surface area contributed by atoms with E-state index in [0.717, 1.165) is 42.2 Å². The Balaban J connectivity index is 1.59. The molecule has 1 atom stereocenters. The lowest BCUT2D eigenvalue weighted by molar-refractivity contribution is -0.132. The number of nitrogens with zero attached hydrogens (tertiary/aromatic N) is 4. The number of amides is 1. The zero-order valence-electron chi connectivity index (χ0n) is 15.4. The monoisotopic (exact) mass is 346 g/mol. The van der Waals surface area contributed by atoms with Crippen LogP contribution < -0.4 is 0 Å².